The van der Waals surface area contributed by atoms with Crippen LogP contribution in [-0.2, 0) is 17.9 Å². The van der Waals surface area contributed by atoms with Crippen LogP contribution in [0.4, 0.5) is 0 Å². The van der Waals surface area contributed by atoms with Crippen LogP contribution in [-0.4, -0.2) is 38.3 Å². The van der Waals surface area contributed by atoms with E-state index in [-0.39, 0.29) is 17.9 Å². The van der Waals surface area contributed by atoms with Gasteiger partial charge in [0, 0.05) is 31.2 Å². The van der Waals surface area contributed by atoms with Crippen LogP contribution in [0.5, 0.6) is 0 Å². The molecule has 1 aliphatic heterocycles. The lowest BCUT2D eigenvalue weighted by Crippen LogP contribution is -2.56. The minimum Gasteiger partial charge on any atom is -0.352 e. The zero-order chi connectivity index (χ0) is 17.8. The molecular weight excluding hydrogens is 316 g/mol. The quantitative estimate of drug-likeness (QED) is 0.877. The lowest BCUT2D eigenvalue weighted by Gasteiger charge is -2.36. The summed E-state index contributed by atoms with van der Waals surface area (Å²) < 4.78 is 1.86. The number of pyridine rings is 1. The van der Waals surface area contributed by atoms with Gasteiger partial charge >= 0.3 is 0 Å². The molecule has 2 amide bonds. The molecule has 0 spiro atoms. The molecule has 6 nitrogen and oxygen atoms in total. The molecule has 132 valence electrons. The van der Waals surface area contributed by atoms with Gasteiger partial charge < -0.3 is 14.8 Å². The number of aromatic nitrogens is 2. The van der Waals surface area contributed by atoms with Gasteiger partial charge in [0.2, 0.25) is 5.91 Å². The Morgan fingerprint density at radius 2 is 2.12 bits per heavy atom. The molecule has 0 fully saturated rings. The highest BCUT2D eigenvalue weighted by molar-refractivity contribution is 5.97. The van der Waals surface area contributed by atoms with Crippen molar-refractivity contribution in [2.75, 3.05) is 0 Å². The number of carbonyl (C=O) groups is 2. The second-order valence-electron chi connectivity index (χ2n) is 6.38. The van der Waals surface area contributed by atoms with E-state index in [4.69, 9.17) is 0 Å². The third kappa shape index (κ3) is 3.57. The van der Waals surface area contributed by atoms with Gasteiger partial charge in [-0.05, 0) is 36.6 Å². The number of hydrogen-bond acceptors (Lipinski definition) is 3. The predicted molar refractivity (Wildman–Crippen MR) is 94.8 cm³/mol. The van der Waals surface area contributed by atoms with E-state index in [0.717, 1.165) is 18.4 Å². The van der Waals surface area contributed by atoms with Gasteiger partial charge in [0.25, 0.3) is 5.91 Å². The molecule has 0 saturated heterocycles. The summed E-state index contributed by atoms with van der Waals surface area (Å²) in [6.45, 7) is 4.95. The Morgan fingerprint density at radius 3 is 2.80 bits per heavy atom. The first kappa shape index (κ1) is 17.2. The Morgan fingerprint density at radius 1 is 1.32 bits per heavy atom. The van der Waals surface area contributed by atoms with Crippen molar-refractivity contribution in [1.82, 2.24) is 19.8 Å². The van der Waals surface area contributed by atoms with Crippen molar-refractivity contribution in [2.24, 2.45) is 0 Å². The molecule has 1 unspecified atom stereocenters. The predicted octanol–water partition coefficient (Wildman–Crippen LogP) is 2.21. The fourth-order valence-corrected chi connectivity index (χ4v) is 3.23. The van der Waals surface area contributed by atoms with Crippen molar-refractivity contribution >= 4 is 11.8 Å². The highest BCUT2D eigenvalue weighted by Crippen LogP contribution is 2.21. The van der Waals surface area contributed by atoms with Gasteiger partial charge in [-0.2, -0.15) is 0 Å². The molecule has 0 bridgehead atoms. The smallest absolute Gasteiger partial charge is 0.271 e. The maximum absolute atomic E-state index is 12.9. The monoisotopic (exact) mass is 340 g/mol. The zero-order valence-electron chi connectivity index (χ0n) is 14.7. The number of nitrogens with zero attached hydrogens (tertiary/aromatic N) is 3. The molecule has 0 aromatic carbocycles. The van der Waals surface area contributed by atoms with E-state index >= 15 is 0 Å². The molecule has 25 heavy (non-hydrogen) atoms. The van der Waals surface area contributed by atoms with Gasteiger partial charge in [0.15, 0.2) is 0 Å². The van der Waals surface area contributed by atoms with Crippen LogP contribution in [0.1, 0.15) is 42.7 Å². The molecule has 0 radical (unpaired) electrons. The van der Waals surface area contributed by atoms with Crippen LogP contribution in [0.15, 0.2) is 42.9 Å². The van der Waals surface area contributed by atoms with Crippen molar-refractivity contribution in [3.05, 3.63) is 54.1 Å². The van der Waals surface area contributed by atoms with E-state index in [1.54, 1.807) is 23.4 Å². The zero-order valence-corrected chi connectivity index (χ0v) is 14.7. The summed E-state index contributed by atoms with van der Waals surface area (Å²) in [4.78, 5) is 31.6. The standard InChI is InChI=1S/C19H24N4O2/c1-3-15(4-2)21-18(24)17-13-22-10-6-8-16(22)19(25)23(17)12-14-7-5-9-20-11-14/h5-11,15,17H,3-4,12-13H2,1-2H3,(H,21,24). The fourth-order valence-electron chi connectivity index (χ4n) is 3.23. The summed E-state index contributed by atoms with van der Waals surface area (Å²) in [6, 6.07) is 7.02. The summed E-state index contributed by atoms with van der Waals surface area (Å²) in [5.41, 5.74) is 1.53. The van der Waals surface area contributed by atoms with E-state index in [1.165, 1.54) is 0 Å². The highest BCUT2D eigenvalue weighted by Gasteiger charge is 2.36. The number of rotatable bonds is 6. The lowest BCUT2D eigenvalue weighted by molar-refractivity contribution is -0.127. The van der Waals surface area contributed by atoms with Crippen LogP contribution in [0.2, 0.25) is 0 Å². The first-order valence-corrected chi connectivity index (χ1v) is 8.79. The second-order valence-corrected chi connectivity index (χ2v) is 6.38. The molecular formula is C19H24N4O2. The molecule has 6 heteroatoms. The highest BCUT2D eigenvalue weighted by atomic mass is 16.2. The van der Waals surface area contributed by atoms with Crippen LogP contribution < -0.4 is 5.32 Å². The lowest BCUT2D eigenvalue weighted by atomic mass is 10.1. The molecule has 2 aromatic heterocycles. The molecule has 3 heterocycles. The molecule has 1 atom stereocenters. The molecule has 3 rings (SSSR count). The number of hydrogen-bond donors (Lipinski definition) is 1. The first-order valence-electron chi connectivity index (χ1n) is 8.79. The van der Waals surface area contributed by atoms with E-state index in [9.17, 15) is 9.59 Å². The Hall–Kier alpha value is -2.63. The van der Waals surface area contributed by atoms with Crippen molar-refractivity contribution in [1.29, 1.82) is 0 Å². The molecule has 0 aliphatic carbocycles. The number of fused-ring (bicyclic) bond motifs is 1. The van der Waals surface area contributed by atoms with Crippen molar-refractivity contribution < 1.29 is 9.59 Å². The minimum atomic E-state index is -0.520. The van der Waals surface area contributed by atoms with Crippen LogP contribution in [0.3, 0.4) is 0 Å². The Kier molecular flexibility index (Phi) is 5.16. The SMILES string of the molecule is CCC(CC)NC(=O)C1Cn2cccc2C(=O)N1Cc1cccnc1. The topological polar surface area (TPSA) is 67.2 Å². The number of amides is 2. The third-order valence-corrected chi connectivity index (χ3v) is 4.77. The Labute approximate surface area is 147 Å². The second kappa shape index (κ2) is 7.51. The van der Waals surface area contributed by atoms with Gasteiger partial charge in [-0.25, -0.2) is 0 Å². The van der Waals surface area contributed by atoms with Gasteiger partial charge in [-0.15, -0.1) is 0 Å². The maximum atomic E-state index is 12.9. The van der Waals surface area contributed by atoms with Gasteiger partial charge in [0.1, 0.15) is 11.7 Å². The van der Waals surface area contributed by atoms with Crippen molar-refractivity contribution in [3.63, 3.8) is 0 Å². The van der Waals surface area contributed by atoms with Crippen LogP contribution in [0.25, 0.3) is 0 Å². The van der Waals surface area contributed by atoms with Crippen LogP contribution >= 0.6 is 0 Å². The minimum absolute atomic E-state index is 0.0923. The van der Waals surface area contributed by atoms with E-state index in [1.807, 2.05) is 29.0 Å². The maximum Gasteiger partial charge on any atom is 0.271 e. The fraction of sp³-hybridized carbons (Fsp3) is 0.421. The van der Waals surface area contributed by atoms with Crippen molar-refractivity contribution in [3.8, 4) is 0 Å². The third-order valence-electron chi connectivity index (χ3n) is 4.77. The molecule has 1 aliphatic rings. The number of nitrogens with one attached hydrogen (secondary N) is 1. The van der Waals surface area contributed by atoms with Crippen LogP contribution in [0, 0.1) is 0 Å². The Bertz CT molecular complexity index is 737. The Balaban J connectivity index is 1.87. The average molecular weight is 340 g/mol. The normalized spacial score (nSPS) is 16.8. The summed E-state index contributed by atoms with van der Waals surface area (Å²) in [7, 11) is 0. The van der Waals surface area contributed by atoms with Gasteiger partial charge in [-0.1, -0.05) is 19.9 Å². The summed E-state index contributed by atoms with van der Waals surface area (Å²) >= 11 is 0. The molecule has 1 N–H and O–H groups in total. The summed E-state index contributed by atoms with van der Waals surface area (Å²) in [5, 5.41) is 3.08. The van der Waals surface area contributed by atoms with E-state index in [2.05, 4.69) is 24.1 Å². The molecule has 2 aromatic rings. The number of carbonyl (C=O) groups excluding carboxylic acids is 2. The van der Waals surface area contributed by atoms with Gasteiger partial charge in [0.05, 0.1) is 6.54 Å². The van der Waals surface area contributed by atoms with Crippen molar-refractivity contribution in [2.45, 2.75) is 51.9 Å². The largest absolute Gasteiger partial charge is 0.352 e. The average Bonchev–Trinajstić information content (AvgIpc) is 3.11. The molecule has 0 saturated carbocycles. The summed E-state index contributed by atoms with van der Waals surface area (Å²) in [5.74, 6) is -0.213. The van der Waals surface area contributed by atoms with E-state index in [0.29, 0.717) is 18.8 Å². The van der Waals surface area contributed by atoms with Gasteiger partial charge in [-0.3, -0.25) is 14.6 Å². The summed E-state index contributed by atoms with van der Waals surface area (Å²) in [6.07, 6.45) is 7.04. The first-order chi connectivity index (χ1) is 12.1. The van der Waals surface area contributed by atoms with E-state index < -0.39 is 6.04 Å².